The van der Waals surface area contributed by atoms with E-state index < -0.39 is 0 Å². The van der Waals surface area contributed by atoms with Crippen molar-refractivity contribution in [2.75, 3.05) is 11.4 Å². The van der Waals surface area contributed by atoms with Crippen LogP contribution in [0.15, 0.2) is 54.6 Å². The Morgan fingerprint density at radius 1 is 1.06 bits per heavy atom. The molecule has 0 radical (unpaired) electrons. The minimum Gasteiger partial charge on any atom is -0.384 e. The lowest BCUT2D eigenvalue weighted by molar-refractivity contribution is 1.02. The van der Waals surface area contributed by atoms with Crippen LogP contribution in [0.3, 0.4) is 0 Å². The summed E-state index contributed by atoms with van der Waals surface area (Å²) in [6, 6.07) is 17.9. The quantitative estimate of drug-likeness (QED) is 0.636. The van der Waals surface area contributed by atoms with Crippen LogP contribution in [0.4, 0.5) is 11.4 Å². The van der Waals surface area contributed by atoms with Gasteiger partial charge in [-0.25, -0.2) is 0 Å². The number of nitrogens with one attached hydrogen (secondary N) is 1. The first kappa shape index (κ1) is 12.2. The third-order valence-electron chi connectivity index (χ3n) is 2.87. The van der Waals surface area contributed by atoms with Crippen molar-refractivity contribution in [3.05, 3.63) is 60.2 Å². The number of nitrogens with two attached hydrogens (primary N) is 1. The molecule has 3 N–H and O–H groups in total. The van der Waals surface area contributed by atoms with Crippen molar-refractivity contribution in [2.24, 2.45) is 5.73 Å². The molecule has 0 aromatic heterocycles. The van der Waals surface area contributed by atoms with Gasteiger partial charge < -0.3 is 10.6 Å². The van der Waals surface area contributed by atoms with E-state index in [2.05, 4.69) is 24.0 Å². The highest BCUT2D eigenvalue weighted by Crippen LogP contribution is 2.27. The van der Waals surface area contributed by atoms with Crippen LogP contribution in [-0.2, 0) is 0 Å². The number of para-hydroxylation sites is 2. The van der Waals surface area contributed by atoms with E-state index in [1.165, 1.54) is 0 Å². The predicted octanol–water partition coefficient (Wildman–Crippen LogP) is 3.13. The Kier molecular flexibility index (Phi) is 3.63. The lowest BCUT2D eigenvalue weighted by atomic mass is 10.1. The Labute approximate surface area is 107 Å². The second-order valence-electron chi connectivity index (χ2n) is 4.01. The van der Waals surface area contributed by atoms with Gasteiger partial charge in [0.05, 0.1) is 5.69 Å². The fourth-order valence-corrected chi connectivity index (χ4v) is 2.04. The second kappa shape index (κ2) is 5.36. The summed E-state index contributed by atoms with van der Waals surface area (Å²) in [6.07, 6.45) is 0. The maximum atomic E-state index is 7.66. The number of hydrogen-bond donors (Lipinski definition) is 2. The van der Waals surface area contributed by atoms with Gasteiger partial charge in [0, 0.05) is 17.8 Å². The second-order valence-corrected chi connectivity index (χ2v) is 4.01. The average molecular weight is 239 g/mol. The van der Waals surface area contributed by atoms with E-state index in [-0.39, 0.29) is 5.84 Å². The summed E-state index contributed by atoms with van der Waals surface area (Å²) in [6.45, 7) is 2.91. The molecular formula is C15H17N3. The van der Waals surface area contributed by atoms with Crippen LogP contribution in [0.1, 0.15) is 12.5 Å². The van der Waals surface area contributed by atoms with Gasteiger partial charge in [0.25, 0.3) is 0 Å². The smallest absolute Gasteiger partial charge is 0.124 e. The molecule has 0 saturated heterocycles. The highest BCUT2D eigenvalue weighted by atomic mass is 15.1. The van der Waals surface area contributed by atoms with Gasteiger partial charge in [-0.05, 0) is 31.2 Å². The molecular weight excluding hydrogens is 222 g/mol. The first-order valence-electron chi connectivity index (χ1n) is 6.00. The van der Waals surface area contributed by atoms with E-state index in [0.29, 0.717) is 0 Å². The molecule has 0 amide bonds. The number of amidine groups is 1. The molecule has 2 rings (SSSR count). The summed E-state index contributed by atoms with van der Waals surface area (Å²) < 4.78 is 0. The molecule has 0 unspecified atom stereocenters. The largest absolute Gasteiger partial charge is 0.384 e. The Hall–Kier alpha value is -2.29. The maximum absolute atomic E-state index is 7.66. The van der Waals surface area contributed by atoms with E-state index in [0.717, 1.165) is 23.5 Å². The van der Waals surface area contributed by atoms with Gasteiger partial charge in [-0.2, -0.15) is 0 Å². The molecule has 0 bridgehead atoms. The number of nitrogens with zero attached hydrogens (tertiary/aromatic N) is 1. The van der Waals surface area contributed by atoms with Crippen LogP contribution in [0.2, 0.25) is 0 Å². The van der Waals surface area contributed by atoms with E-state index in [1.807, 2.05) is 42.5 Å². The molecule has 0 atom stereocenters. The van der Waals surface area contributed by atoms with Crippen LogP contribution < -0.4 is 10.6 Å². The molecule has 0 aliphatic carbocycles. The van der Waals surface area contributed by atoms with Gasteiger partial charge in [0.1, 0.15) is 5.84 Å². The standard InChI is InChI=1S/C15H17N3/c1-2-18(12-8-4-3-5-9-12)14-11-7-6-10-13(14)15(16)17/h3-11H,2H2,1H3,(H3,16,17). The Morgan fingerprint density at radius 2 is 1.67 bits per heavy atom. The lowest BCUT2D eigenvalue weighted by Crippen LogP contribution is -2.21. The normalized spacial score (nSPS) is 10.1. The van der Waals surface area contributed by atoms with E-state index >= 15 is 0 Å². The number of hydrogen-bond acceptors (Lipinski definition) is 2. The van der Waals surface area contributed by atoms with Gasteiger partial charge in [0.2, 0.25) is 0 Å². The molecule has 0 heterocycles. The topological polar surface area (TPSA) is 53.1 Å². The Bertz CT molecular complexity index is 534. The first-order valence-corrected chi connectivity index (χ1v) is 6.00. The fourth-order valence-electron chi connectivity index (χ4n) is 2.04. The first-order chi connectivity index (χ1) is 8.74. The van der Waals surface area contributed by atoms with Gasteiger partial charge in [-0.1, -0.05) is 30.3 Å². The van der Waals surface area contributed by atoms with Crippen molar-refractivity contribution < 1.29 is 0 Å². The molecule has 2 aromatic rings. The van der Waals surface area contributed by atoms with Crippen molar-refractivity contribution in [1.29, 1.82) is 5.41 Å². The average Bonchev–Trinajstić information content (AvgIpc) is 2.41. The molecule has 0 saturated carbocycles. The van der Waals surface area contributed by atoms with Gasteiger partial charge in [-0.15, -0.1) is 0 Å². The van der Waals surface area contributed by atoms with Crippen LogP contribution in [0.5, 0.6) is 0 Å². The van der Waals surface area contributed by atoms with Crippen molar-refractivity contribution in [2.45, 2.75) is 6.92 Å². The maximum Gasteiger partial charge on any atom is 0.124 e. The van der Waals surface area contributed by atoms with Crippen LogP contribution in [-0.4, -0.2) is 12.4 Å². The summed E-state index contributed by atoms with van der Waals surface area (Å²) in [5.74, 6) is 0.0972. The summed E-state index contributed by atoms with van der Waals surface area (Å²) >= 11 is 0. The molecule has 0 fully saturated rings. The SMILES string of the molecule is CCN(c1ccccc1)c1ccccc1C(=N)N. The zero-order chi connectivity index (χ0) is 13.0. The number of nitrogen functional groups attached to an aromatic ring is 1. The molecule has 2 aromatic carbocycles. The highest BCUT2D eigenvalue weighted by Gasteiger charge is 2.12. The zero-order valence-electron chi connectivity index (χ0n) is 10.4. The van der Waals surface area contributed by atoms with E-state index in [1.54, 1.807) is 0 Å². The van der Waals surface area contributed by atoms with E-state index in [9.17, 15) is 0 Å². The third kappa shape index (κ3) is 2.35. The van der Waals surface area contributed by atoms with E-state index in [4.69, 9.17) is 11.1 Å². The molecule has 0 spiro atoms. The van der Waals surface area contributed by atoms with Crippen molar-refractivity contribution >= 4 is 17.2 Å². The van der Waals surface area contributed by atoms with Crippen molar-refractivity contribution in [3.8, 4) is 0 Å². The Morgan fingerprint density at radius 3 is 2.28 bits per heavy atom. The third-order valence-corrected chi connectivity index (χ3v) is 2.87. The fraction of sp³-hybridized carbons (Fsp3) is 0.133. The van der Waals surface area contributed by atoms with Crippen molar-refractivity contribution in [3.63, 3.8) is 0 Å². The van der Waals surface area contributed by atoms with Crippen LogP contribution >= 0.6 is 0 Å². The minimum absolute atomic E-state index is 0.0972. The number of rotatable bonds is 4. The monoisotopic (exact) mass is 239 g/mol. The summed E-state index contributed by atoms with van der Waals surface area (Å²) in [4.78, 5) is 2.15. The summed E-state index contributed by atoms with van der Waals surface area (Å²) in [7, 11) is 0. The van der Waals surface area contributed by atoms with Crippen molar-refractivity contribution in [1.82, 2.24) is 0 Å². The molecule has 18 heavy (non-hydrogen) atoms. The molecule has 0 aliphatic heterocycles. The van der Waals surface area contributed by atoms with Crippen LogP contribution in [0, 0.1) is 5.41 Å². The minimum atomic E-state index is 0.0972. The lowest BCUT2D eigenvalue weighted by Gasteiger charge is -2.25. The highest BCUT2D eigenvalue weighted by molar-refractivity contribution is 6.01. The molecule has 92 valence electrons. The zero-order valence-corrected chi connectivity index (χ0v) is 10.4. The molecule has 3 nitrogen and oxygen atoms in total. The number of benzene rings is 2. The molecule has 3 heteroatoms. The summed E-state index contributed by atoms with van der Waals surface area (Å²) in [5, 5.41) is 7.66. The Balaban J connectivity index is 2.49. The molecule has 0 aliphatic rings. The van der Waals surface area contributed by atoms with Crippen LogP contribution in [0.25, 0.3) is 0 Å². The van der Waals surface area contributed by atoms with Gasteiger partial charge in [-0.3, -0.25) is 5.41 Å². The predicted molar refractivity (Wildman–Crippen MR) is 76.6 cm³/mol. The number of anilines is 2. The summed E-state index contributed by atoms with van der Waals surface area (Å²) in [5.41, 5.74) is 8.48. The van der Waals surface area contributed by atoms with Gasteiger partial charge >= 0.3 is 0 Å². The van der Waals surface area contributed by atoms with Gasteiger partial charge in [0.15, 0.2) is 0 Å².